The van der Waals surface area contributed by atoms with E-state index in [2.05, 4.69) is 21.5 Å². The molecule has 120 valence electrons. The van der Waals surface area contributed by atoms with Crippen LogP contribution in [0.3, 0.4) is 0 Å². The maximum absolute atomic E-state index is 8.89. The molecule has 0 radical (unpaired) electrons. The monoisotopic (exact) mass is 338 g/mol. The minimum Gasteiger partial charge on any atom is -0.339 e. The van der Waals surface area contributed by atoms with Gasteiger partial charge in [-0.15, -0.1) is 0 Å². The molecule has 1 N–H and O–H groups in total. The van der Waals surface area contributed by atoms with Crippen molar-refractivity contribution in [2.24, 2.45) is 0 Å². The number of rotatable bonds is 6. The van der Waals surface area contributed by atoms with Gasteiger partial charge in [0.15, 0.2) is 0 Å². The third kappa shape index (κ3) is 4.19. The van der Waals surface area contributed by atoms with Gasteiger partial charge in [-0.25, -0.2) is 0 Å². The van der Waals surface area contributed by atoms with Gasteiger partial charge in [0, 0.05) is 30.1 Å². The summed E-state index contributed by atoms with van der Waals surface area (Å²) in [4.78, 5) is 4.38. The number of benzene rings is 2. The number of nitriles is 1. The van der Waals surface area contributed by atoms with E-state index in [1.807, 2.05) is 30.3 Å². The van der Waals surface area contributed by atoms with Gasteiger partial charge < -0.3 is 9.84 Å². The molecule has 0 unspecified atom stereocenters. The molecule has 3 aromatic rings. The summed E-state index contributed by atoms with van der Waals surface area (Å²) < 4.78 is 5.26. The lowest BCUT2D eigenvalue weighted by Gasteiger charge is -2.03. The molecular weight excluding hydrogens is 324 g/mol. The summed E-state index contributed by atoms with van der Waals surface area (Å²) in [5.41, 5.74) is 2.61. The van der Waals surface area contributed by atoms with Gasteiger partial charge in [0.05, 0.1) is 11.6 Å². The molecular formula is C18H15ClN4O. The zero-order valence-electron chi connectivity index (χ0n) is 12.9. The van der Waals surface area contributed by atoms with Gasteiger partial charge in [-0.2, -0.15) is 10.2 Å². The van der Waals surface area contributed by atoms with Gasteiger partial charge in [-0.3, -0.25) is 0 Å². The van der Waals surface area contributed by atoms with Crippen LogP contribution in [0.25, 0.3) is 11.4 Å². The van der Waals surface area contributed by atoms with Crippen molar-refractivity contribution in [3.8, 4) is 17.5 Å². The minimum atomic E-state index is 0.559. The first kappa shape index (κ1) is 16.2. The molecule has 0 aliphatic rings. The van der Waals surface area contributed by atoms with Gasteiger partial charge >= 0.3 is 0 Å². The summed E-state index contributed by atoms with van der Waals surface area (Å²) in [6.07, 6.45) is 0.637. The zero-order chi connectivity index (χ0) is 16.8. The van der Waals surface area contributed by atoms with Crippen LogP contribution in [0.4, 0.5) is 0 Å². The summed E-state index contributed by atoms with van der Waals surface area (Å²) in [5, 5.41) is 16.8. The molecule has 0 bridgehead atoms. The number of aromatic nitrogens is 2. The Kier molecular flexibility index (Phi) is 5.22. The first-order valence-electron chi connectivity index (χ1n) is 7.53. The van der Waals surface area contributed by atoms with Crippen molar-refractivity contribution >= 4 is 11.6 Å². The van der Waals surface area contributed by atoms with E-state index in [4.69, 9.17) is 21.4 Å². The van der Waals surface area contributed by atoms with Gasteiger partial charge in [0.25, 0.3) is 0 Å². The molecule has 0 aliphatic heterocycles. The number of hydrogen-bond acceptors (Lipinski definition) is 5. The van der Waals surface area contributed by atoms with Crippen LogP contribution < -0.4 is 5.32 Å². The molecule has 0 spiro atoms. The fourth-order valence-corrected chi connectivity index (χ4v) is 2.38. The van der Waals surface area contributed by atoms with E-state index >= 15 is 0 Å². The van der Waals surface area contributed by atoms with E-state index in [9.17, 15) is 0 Å². The van der Waals surface area contributed by atoms with Gasteiger partial charge in [0.1, 0.15) is 0 Å². The normalized spacial score (nSPS) is 10.5. The van der Waals surface area contributed by atoms with Crippen LogP contribution in [0, 0.1) is 11.3 Å². The summed E-state index contributed by atoms with van der Waals surface area (Å²) in [5.74, 6) is 1.14. The van der Waals surface area contributed by atoms with E-state index in [0.717, 1.165) is 11.1 Å². The molecule has 24 heavy (non-hydrogen) atoms. The first-order chi connectivity index (χ1) is 11.7. The van der Waals surface area contributed by atoms with Crippen LogP contribution in [0.15, 0.2) is 53.1 Å². The molecule has 5 nitrogen and oxygen atoms in total. The molecule has 1 heterocycles. The van der Waals surface area contributed by atoms with Gasteiger partial charge in [0.2, 0.25) is 11.7 Å². The molecule has 0 aliphatic carbocycles. The van der Waals surface area contributed by atoms with Crippen LogP contribution >= 0.6 is 11.6 Å². The first-order valence-corrected chi connectivity index (χ1v) is 7.91. The Balaban J connectivity index is 1.50. The molecule has 0 saturated carbocycles. The molecule has 0 saturated heterocycles. The summed E-state index contributed by atoms with van der Waals surface area (Å²) in [7, 11) is 0. The number of halogens is 1. The summed E-state index contributed by atoms with van der Waals surface area (Å²) in [6.45, 7) is 1.40. The standard InChI is InChI=1S/C18H15ClN4O/c19-16-6-4-15(5-7-16)18-22-17(24-23-18)8-9-21-12-14-3-1-2-13(10-14)11-20/h1-7,10,21H,8-9,12H2. The topological polar surface area (TPSA) is 74.7 Å². The molecule has 0 amide bonds. The maximum Gasteiger partial charge on any atom is 0.228 e. The molecule has 6 heteroatoms. The molecule has 2 aromatic carbocycles. The van der Waals surface area contributed by atoms with Crippen molar-refractivity contribution in [1.29, 1.82) is 5.26 Å². The lowest BCUT2D eigenvalue weighted by atomic mass is 10.1. The van der Waals surface area contributed by atoms with Crippen LogP contribution in [0.2, 0.25) is 5.02 Å². The Morgan fingerprint density at radius 3 is 2.79 bits per heavy atom. The summed E-state index contributed by atoms with van der Waals surface area (Å²) in [6, 6.07) is 17.0. The highest BCUT2D eigenvalue weighted by atomic mass is 35.5. The molecule has 0 fully saturated rings. The van der Waals surface area contributed by atoms with Crippen LogP contribution in [-0.4, -0.2) is 16.7 Å². The third-order valence-corrected chi connectivity index (χ3v) is 3.72. The van der Waals surface area contributed by atoms with Gasteiger partial charge in [-0.05, 0) is 42.0 Å². The van der Waals surface area contributed by atoms with Crippen molar-refractivity contribution < 1.29 is 4.52 Å². The molecule has 1 aromatic heterocycles. The average Bonchev–Trinajstić information content (AvgIpc) is 3.08. The molecule has 0 atom stereocenters. The van der Waals surface area contributed by atoms with E-state index < -0.39 is 0 Å². The second kappa shape index (κ2) is 7.73. The van der Waals surface area contributed by atoms with Crippen molar-refractivity contribution in [2.75, 3.05) is 6.54 Å². The number of nitrogens with one attached hydrogen (secondary N) is 1. The van der Waals surface area contributed by atoms with Crippen LogP contribution in [0.1, 0.15) is 17.0 Å². The van der Waals surface area contributed by atoms with E-state index in [1.165, 1.54) is 0 Å². The summed E-state index contributed by atoms with van der Waals surface area (Å²) >= 11 is 5.87. The van der Waals surface area contributed by atoms with Crippen molar-refractivity contribution in [3.05, 3.63) is 70.6 Å². The van der Waals surface area contributed by atoms with E-state index in [-0.39, 0.29) is 0 Å². The van der Waals surface area contributed by atoms with E-state index in [0.29, 0.717) is 41.8 Å². The number of nitrogens with zero attached hydrogens (tertiary/aromatic N) is 3. The quantitative estimate of drug-likeness (QED) is 0.695. The Labute approximate surface area is 144 Å². The van der Waals surface area contributed by atoms with Crippen molar-refractivity contribution in [1.82, 2.24) is 15.5 Å². The predicted octanol–water partition coefficient (Wildman–Crippen LogP) is 3.59. The lowest BCUT2D eigenvalue weighted by molar-refractivity contribution is 0.376. The lowest BCUT2D eigenvalue weighted by Crippen LogP contribution is -2.16. The van der Waals surface area contributed by atoms with Crippen LogP contribution in [-0.2, 0) is 13.0 Å². The van der Waals surface area contributed by atoms with E-state index in [1.54, 1.807) is 18.2 Å². The van der Waals surface area contributed by atoms with Gasteiger partial charge in [-0.1, -0.05) is 28.9 Å². The highest BCUT2D eigenvalue weighted by Gasteiger charge is 2.08. The second-order valence-corrected chi connectivity index (χ2v) is 5.69. The highest BCUT2D eigenvalue weighted by Crippen LogP contribution is 2.18. The Morgan fingerprint density at radius 1 is 1.17 bits per heavy atom. The molecule has 3 rings (SSSR count). The zero-order valence-corrected chi connectivity index (χ0v) is 13.6. The smallest absolute Gasteiger partial charge is 0.228 e. The second-order valence-electron chi connectivity index (χ2n) is 5.26. The minimum absolute atomic E-state index is 0.559. The predicted molar refractivity (Wildman–Crippen MR) is 91.3 cm³/mol. The SMILES string of the molecule is N#Cc1cccc(CNCCc2nc(-c3ccc(Cl)cc3)no2)c1. The maximum atomic E-state index is 8.89. The largest absolute Gasteiger partial charge is 0.339 e. The Bertz CT molecular complexity index is 852. The Hall–Kier alpha value is -2.68. The third-order valence-electron chi connectivity index (χ3n) is 3.47. The van der Waals surface area contributed by atoms with Crippen molar-refractivity contribution in [3.63, 3.8) is 0 Å². The Morgan fingerprint density at radius 2 is 2.00 bits per heavy atom. The number of hydrogen-bond donors (Lipinski definition) is 1. The highest BCUT2D eigenvalue weighted by molar-refractivity contribution is 6.30. The van der Waals surface area contributed by atoms with Crippen molar-refractivity contribution in [2.45, 2.75) is 13.0 Å². The average molecular weight is 339 g/mol. The fourth-order valence-electron chi connectivity index (χ4n) is 2.25. The fraction of sp³-hybridized carbons (Fsp3) is 0.167. The van der Waals surface area contributed by atoms with Crippen LogP contribution in [0.5, 0.6) is 0 Å².